The average Bonchev–Trinajstić information content (AvgIpc) is 2.79. The molecule has 100 valence electrons. The van der Waals surface area contributed by atoms with Crippen LogP contribution in [-0.4, -0.2) is 11.1 Å². The van der Waals surface area contributed by atoms with E-state index in [1.807, 2.05) is 12.1 Å². The van der Waals surface area contributed by atoms with Crippen molar-refractivity contribution in [1.82, 2.24) is 0 Å². The summed E-state index contributed by atoms with van der Waals surface area (Å²) in [5.74, 6) is -0.688. The van der Waals surface area contributed by atoms with Gasteiger partial charge < -0.3 is 14.8 Å². The second kappa shape index (κ2) is 5.38. The fourth-order valence-electron chi connectivity index (χ4n) is 1.63. The van der Waals surface area contributed by atoms with Crippen LogP contribution in [0.15, 0.2) is 50.0 Å². The zero-order valence-corrected chi connectivity index (χ0v) is 13.2. The van der Waals surface area contributed by atoms with Gasteiger partial charge in [0.25, 0.3) is 0 Å². The number of carbonyl (C=O) groups is 1. The maximum atomic E-state index is 11.6. The van der Waals surface area contributed by atoms with Crippen LogP contribution >= 0.6 is 31.9 Å². The highest BCUT2D eigenvalue weighted by molar-refractivity contribution is 9.10. The van der Waals surface area contributed by atoms with Crippen molar-refractivity contribution in [2.24, 2.45) is 0 Å². The number of hydrogen-bond donors (Lipinski definition) is 2. The van der Waals surface area contributed by atoms with Gasteiger partial charge in [-0.25, -0.2) is 4.79 Å². The molecule has 0 aliphatic rings. The van der Waals surface area contributed by atoms with Crippen LogP contribution in [0.2, 0.25) is 0 Å². The second-order valence-electron chi connectivity index (χ2n) is 4.17. The SMILES string of the molecule is CC(Nc1ccc(Br)cc1)(C(=O)O)c1ccc(Br)o1. The molecule has 1 aromatic heterocycles. The molecule has 1 atom stereocenters. The summed E-state index contributed by atoms with van der Waals surface area (Å²) in [6, 6.07) is 10.6. The largest absolute Gasteiger partial charge is 0.479 e. The van der Waals surface area contributed by atoms with Gasteiger partial charge in [0.05, 0.1) is 0 Å². The van der Waals surface area contributed by atoms with Crippen LogP contribution < -0.4 is 5.32 Å². The Morgan fingerprint density at radius 2 is 1.84 bits per heavy atom. The van der Waals surface area contributed by atoms with Crippen LogP contribution in [0.25, 0.3) is 0 Å². The number of rotatable bonds is 4. The van der Waals surface area contributed by atoms with Crippen molar-refractivity contribution in [3.05, 3.63) is 51.3 Å². The first-order valence-corrected chi connectivity index (χ1v) is 7.03. The summed E-state index contributed by atoms with van der Waals surface area (Å²) in [4.78, 5) is 11.6. The zero-order valence-electron chi connectivity index (χ0n) is 9.98. The number of carboxylic acids is 1. The quantitative estimate of drug-likeness (QED) is 0.823. The number of benzene rings is 1. The van der Waals surface area contributed by atoms with Crippen LogP contribution in [0.1, 0.15) is 12.7 Å². The van der Waals surface area contributed by atoms with E-state index in [1.165, 1.54) is 0 Å². The average molecular weight is 389 g/mol. The van der Waals surface area contributed by atoms with Gasteiger partial charge in [-0.2, -0.15) is 0 Å². The van der Waals surface area contributed by atoms with Crippen LogP contribution in [-0.2, 0) is 10.3 Å². The molecule has 2 rings (SSSR count). The highest BCUT2D eigenvalue weighted by atomic mass is 79.9. The maximum absolute atomic E-state index is 11.6. The Labute approximate surface area is 127 Å². The predicted molar refractivity (Wildman–Crippen MR) is 79.2 cm³/mol. The van der Waals surface area contributed by atoms with Gasteiger partial charge in [0.1, 0.15) is 5.76 Å². The lowest BCUT2D eigenvalue weighted by molar-refractivity contribution is -0.142. The number of halogens is 2. The minimum Gasteiger partial charge on any atom is -0.479 e. The van der Waals surface area contributed by atoms with E-state index in [2.05, 4.69) is 37.2 Å². The normalized spacial score (nSPS) is 13.8. The van der Waals surface area contributed by atoms with E-state index in [0.717, 1.165) is 4.47 Å². The third-order valence-corrected chi connectivity index (χ3v) is 3.69. The lowest BCUT2D eigenvalue weighted by Gasteiger charge is -2.25. The lowest BCUT2D eigenvalue weighted by atomic mass is 9.98. The zero-order chi connectivity index (χ0) is 14.0. The highest BCUT2D eigenvalue weighted by Crippen LogP contribution is 2.30. The van der Waals surface area contributed by atoms with Gasteiger partial charge in [0.15, 0.2) is 10.2 Å². The van der Waals surface area contributed by atoms with Gasteiger partial charge in [0, 0.05) is 10.2 Å². The molecule has 1 aromatic carbocycles. The third-order valence-electron chi connectivity index (χ3n) is 2.73. The van der Waals surface area contributed by atoms with Crippen LogP contribution in [0.3, 0.4) is 0 Å². The Hall–Kier alpha value is -1.27. The van der Waals surface area contributed by atoms with E-state index in [-0.39, 0.29) is 0 Å². The van der Waals surface area contributed by atoms with E-state index in [1.54, 1.807) is 31.2 Å². The van der Waals surface area contributed by atoms with Gasteiger partial charge in [-0.15, -0.1) is 0 Å². The number of anilines is 1. The summed E-state index contributed by atoms with van der Waals surface area (Å²) in [7, 11) is 0. The van der Waals surface area contributed by atoms with Gasteiger partial charge in [-0.1, -0.05) is 15.9 Å². The molecular weight excluding hydrogens is 378 g/mol. The summed E-state index contributed by atoms with van der Waals surface area (Å²) in [5, 5.41) is 12.4. The molecule has 0 saturated heterocycles. The minimum absolute atomic E-state index is 0.329. The summed E-state index contributed by atoms with van der Waals surface area (Å²) < 4.78 is 6.79. The van der Waals surface area contributed by atoms with Gasteiger partial charge in [-0.05, 0) is 59.3 Å². The summed E-state index contributed by atoms with van der Waals surface area (Å²) in [5.41, 5.74) is -0.638. The first-order chi connectivity index (χ1) is 8.91. The maximum Gasteiger partial charge on any atom is 0.337 e. The van der Waals surface area contributed by atoms with E-state index in [4.69, 9.17) is 4.42 Å². The molecule has 2 aromatic rings. The Morgan fingerprint density at radius 1 is 1.21 bits per heavy atom. The number of hydrogen-bond acceptors (Lipinski definition) is 3. The van der Waals surface area contributed by atoms with Gasteiger partial charge in [-0.3, -0.25) is 0 Å². The fraction of sp³-hybridized carbons (Fsp3) is 0.154. The molecule has 1 heterocycles. The first kappa shape index (κ1) is 14.1. The molecule has 0 amide bonds. The molecule has 4 nitrogen and oxygen atoms in total. The molecule has 19 heavy (non-hydrogen) atoms. The van der Waals surface area contributed by atoms with Gasteiger partial charge in [0.2, 0.25) is 0 Å². The van der Waals surface area contributed by atoms with Crippen molar-refractivity contribution in [3.8, 4) is 0 Å². The molecule has 1 unspecified atom stereocenters. The van der Waals surface area contributed by atoms with Crippen molar-refractivity contribution in [1.29, 1.82) is 0 Å². The summed E-state index contributed by atoms with van der Waals surface area (Å²) in [6.45, 7) is 1.56. The fourth-order valence-corrected chi connectivity index (χ4v) is 2.20. The van der Waals surface area contributed by atoms with Crippen LogP contribution in [0.4, 0.5) is 5.69 Å². The Balaban J connectivity index is 2.35. The highest BCUT2D eigenvalue weighted by Gasteiger charge is 2.38. The number of aliphatic carboxylic acids is 1. The standard InChI is InChI=1S/C13H11Br2NO3/c1-13(12(17)18,10-6-7-11(15)19-10)16-9-4-2-8(14)3-5-9/h2-7,16H,1H3,(H,17,18). The van der Waals surface area contributed by atoms with E-state index in [0.29, 0.717) is 16.1 Å². The molecule has 0 aliphatic carbocycles. The Morgan fingerprint density at radius 3 is 2.32 bits per heavy atom. The first-order valence-electron chi connectivity index (χ1n) is 5.45. The smallest absolute Gasteiger partial charge is 0.337 e. The van der Waals surface area contributed by atoms with Crippen molar-refractivity contribution in [2.45, 2.75) is 12.5 Å². The van der Waals surface area contributed by atoms with Crippen molar-refractivity contribution in [2.75, 3.05) is 5.32 Å². The molecule has 0 fully saturated rings. The van der Waals surface area contributed by atoms with Gasteiger partial charge >= 0.3 is 5.97 Å². The number of carboxylic acid groups (broad SMARTS) is 1. The topological polar surface area (TPSA) is 62.5 Å². The van der Waals surface area contributed by atoms with Crippen molar-refractivity contribution in [3.63, 3.8) is 0 Å². The van der Waals surface area contributed by atoms with E-state index >= 15 is 0 Å². The Bertz CT molecular complexity index is 594. The lowest BCUT2D eigenvalue weighted by Crippen LogP contribution is -2.40. The molecule has 0 bridgehead atoms. The molecule has 0 saturated carbocycles. The molecule has 2 N–H and O–H groups in total. The predicted octanol–water partition coefficient (Wildman–Crippen LogP) is 4.22. The second-order valence-corrected chi connectivity index (χ2v) is 5.86. The van der Waals surface area contributed by atoms with Crippen LogP contribution in [0, 0.1) is 0 Å². The number of nitrogens with one attached hydrogen (secondary N) is 1. The number of furan rings is 1. The van der Waals surface area contributed by atoms with E-state index < -0.39 is 11.5 Å². The summed E-state index contributed by atoms with van der Waals surface area (Å²) in [6.07, 6.45) is 0. The van der Waals surface area contributed by atoms with Crippen molar-refractivity contribution >= 4 is 43.5 Å². The third kappa shape index (κ3) is 3.01. The molecule has 0 aliphatic heterocycles. The van der Waals surface area contributed by atoms with Crippen LogP contribution in [0.5, 0.6) is 0 Å². The Kier molecular flexibility index (Phi) is 4.01. The molecule has 6 heteroatoms. The molecular formula is C13H11Br2NO3. The van der Waals surface area contributed by atoms with E-state index in [9.17, 15) is 9.90 Å². The molecule has 0 radical (unpaired) electrons. The molecule has 0 spiro atoms. The monoisotopic (exact) mass is 387 g/mol. The summed E-state index contributed by atoms with van der Waals surface area (Å²) >= 11 is 6.51. The van der Waals surface area contributed by atoms with Crippen molar-refractivity contribution < 1.29 is 14.3 Å². The minimum atomic E-state index is -1.33.